The first-order valence-electron chi connectivity index (χ1n) is 7.00. The lowest BCUT2D eigenvalue weighted by molar-refractivity contribution is 0.521. The molecule has 2 aromatic carbocycles. The van der Waals surface area contributed by atoms with E-state index in [2.05, 4.69) is 10.5 Å². The molecule has 1 N–H and O–H groups in total. The summed E-state index contributed by atoms with van der Waals surface area (Å²) < 4.78 is 51.5. The van der Waals surface area contributed by atoms with Crippen molar-refractivity contribution in [3.63, 3.8) is 0 Å². The van der Waals surface area contributed by atoms with Gasteiger partial charge in [-0.15, -0.1) is 0 Å². The summed E-state index contributed by atoms with van der Waals surface area (Å²) in [5.74, 6) is -1.42. The monoisotopic (exact) mass is 353 g/mol. The average molecular weight is 353 g/mol. The van der Waals surface area contributed by atoms with Gasteiger partial charge in [-0.25, -0.2) is 21.5 Å². The first-order valence-corrected chi connectivity index (χ1v) is 8.44. The van der Waals surface area contributed by atoms with Gasteiger partial charge in [-0.3, -0.25) is 5.43 Å². The summed E-state index contributed by atoms with van der Waals surface area (Å²) in [5, 5.41) is 4.03. The average Bonchev–Trinajstić information content (AvgIpc) is 2.53. The van der Waals surface area contributed by atoms with Crippen LogP contribution in [-0.2, 0) is 10.0 Å². The summed E-state index contributed by atoms with van der Waals surface area (Å²) in [6, 6.07) is 9.29. The number of hydrogen-bond donors (Lipinski definition) is 1. The standard InChI is InChI=1S/C16H17F2N3O2S/c1-11(19-20-16-9-6-13(17)10-15(16)18)12-4-7-14(8-5-12)24(22,23)21(2)3/h4-10,20H,1-3H3/b19-11-. The lowest BCUT2D eigenvalue weighted by atomic mass is 10.1. The third-order valence-electron chi connectivity index (χ3n) is 3.33. The van der Waals surface area contributed by atoms with Gasteiger partial charge in [0.25, 0.3) is 0 Å². The summed E-state index contributed by atoms with van der Waals surface area (Å²) >= 11 is 0. The number of hydrazone groups is 1. The molecule has 0 bridgehead atoms. The minimum Gasteiger partial charge on any atom is -0.275 e. The Morgan fingerprint density at radius 3 is 2.25 bits per heavy atom. The van der Waals surface area contributed by atoms with Crippen molar-refractivity contribution in [2.75, 3.05) is 19.5 Å². The van der Waals surface area contributed by atoms with E-state index in [1.54, 1.807) is 19.1 Å². The third kappa shape index (κ3) is 3.95. The Hall–Kier alpha value is -2.32. The predicted molar refractivity (Wildman–Crippen MR) is 89.5 cm³/mol. The summed E-state index contributed by atoms with van der Waals surface area (Å²) in [6.07, 6.45) is 0. The van der Waals surface area contributed by atoms with Crippen molar-refractivity contribution in [3.8, 4) is 0 Å². The Morgan fingerprint density at radius 1 is 1.08 bits per heavy atom. The highest BCUT2D eigenvalue weighted by Crippen LogP contribution is 2.17. The number of benzene rings is 2. The number of sulfonamides is 1. The highest BCUT2D eigenvalue weighted by molar-refractivity contribution is 7.89. The van der Waals surface area contributed by atoms with Crippen molar-refractivity contribution in [1.82, 2.24) is 4.31 Å². The molecule has 0 aromatic heterocycles. The van der Waals surface area contributed by atoms with Gasteiger partial charge in [-0.05, 0) is 36.8 Å². The SMILES string of the molecule is C/C(=N/Nc1ccc(F)cc1F)c1ccc(S(=O)(=O)N(C)C)cc1. The first-order chi connectivity index (χ1) is 11.2. The van der Waals surface area contributed by atoms with Crippen molar-refractivity contribution in [2.24, 2.45) is 5.10 Å². The molecule has 0 aliphatic rings. The number of nitrogens with zero attached hydrogens (tertiary/aromatic N) is 2. The van der Waals surface area contributed by atoms with Crippen molar-refractivity contribution in [2.45, 2.75) is 11.8 Å². The number of anilines is 1. The van der Waals surface area contributed by atoms with Gasteiger partial charge in [-0.1, -0.05) is 12.1 Å². The van der Waals surface area contributed by atoms with Gasteiger partial charge in [0, 0.05) is 20.2 Å². The van der Waals surface area contributed by atoms with Crippen LogP contribution < -0.4 is 5.43 Å². The molecule has 0 spiro atoms. The molecular weight excluding hydrogens is 336 g/mol. The summed E-state index contributed by atoms with van der Waals surface area (Å²) in [6.45, 7) is 1.68. The fourth-order valence-electron chi connectivity index (χ4n) is 1.87. The van der Waals surface area contributed by atoms with E-state index in [0.29, 0.717) is 11.3 Å². The van der Waals surface area contributed by atoms with Crippen LogP contribution in [0.5, 0.6) is 0 Å². The predicted octanol–water partition coefficient (Wildman–Crippen LogP) is 3.05. The van der Waals surface area contributed by atoms with Gasteiger partial charge in [0.1, 0.15) is 5.82 Å². The Bertz CT molecular complexity index is 863. The molecule has 8 heteroatoms. The molecule has 0 atom stereocenters. The van der Waals surface area contributed by atoms with Gasteiger partial charge in [0.2, 0.25) is 10.0 Å². The van der Waals surface area contributed by atoms with Gasteiger partial charge in [0.05, 0.1) is 16.3 Å². The van der Waals surface area contributed by atoms with E-state index in [-0.39, 0.29) is 10.6 Å². The Morgan fingerprint density at radius 2 is 1.71 bits per heavy atom. The molecule has 0 fully saturated rings. The van der Waals surface area contributed by atoms with Crippen molar-refractivity contribution < 1.29 is 17.2 Å². The van der Waals surface area contributed by atoms with Crippen LogP contribution in [0.2, 0.25) is 0 Å². The second-order valence-electron chi connectivity index (χ2n) is 5.24. The van der Waals surface area contributed by atoms with E-state index in [1.165, 1.54) is 32.3 Å². The molecule has 0 unspecified atom stereocenters. The minimum atomic E-state index is -3.49. The molecule has 0 heterocycles. The quantitative estimate of drug-likeness (QED) is 0.664. The Kier molecular flexibility index (Phi) is 5.30. The molecule has 0 aliphatic carbocycles. The van der Waals surface area contributed by atoms with Crippen molar-refractivity contribution in [1.29, 1.82) is 0 Å². The van der Waals surface area contributed by atoms with Crippen LogP contribution in [0, 0.1) is 11.6 Å². The largest absolute Gasteiger partial charge is 0.275 e. The minimum absolute atomic E-state index is 0.0440. The smallest absolute Gasteiger partial charge is 0.242 e. The summed E-state index contributed by atoms with van der Waals surface area (Å²) in [4.78, 5) is 0.168. The van der Waals surface area contributed by atoms with E-state index in [4.69, 9.17) is 0 Å². The molecule has 5 nitrogen and oxygen atoms in total. The topological polar surface area (TPSA) is 61.8 Å². The van der Waals surface area contributed by atoms with E-state index in [1.807, 2.05) is 0 Å². The zero-order chi connectivity index (χ0) is 17.9. The second kappa shape index (κ2) is 7.06. The number of halogens is 2. The number of rotatable bonds is 5. The number of hydrogen-bond acceptors (Lipinski definition) is 4. The van der Waals surface area contributed by atoms with E-state index >= 15 is 0 Å². The molecule has 0 saturated heterocycles. The van der Waals surface area contributed by atoms with E-state index in [9.17, 15) is 17.2 Å². The maximum absolute atomic E-state index is 13.5. The Balaban J connectivity index is 2.19. The number of nitrogens with one attached hydrogen (secondary N) is 1. The van der Waals surface area contributed by atoms with Crippen LogP contribution in [0.1, 0.15) is 12.5 Å². The highest BCUT2D eigenvalue weighted by Gasteiger charge is 2.16. The zero-order valence-corrected chi connectivity index (χ0v) is 14.2. The molecule has 2 rings (SSSR count). The normalized spacial score (nSPS) is 12.5. The van der Waals surface area contributed by atoms with Gasteiger partial charge in [-0.2, -0.15) is 5.10 Å². The maximum Gasteiger partial charge on any atom is 0.242 e. The fourth-order valence-corrected chi connectivity index (χ4v) is 2.77. The van der Waals surface area contributed by atoms with Crippen LogP contribution >= 0.6 is 0 Å². The van der Waals surface area contributed by atoms with E-state index in [0.717, 1.165) is 16.4 Å². The molecule has 0 amide bonds. The van der Waals surface area contributed by atoms with Crippen LogP contribution in [0.3, 0.4) is 0 Å². The van der Waals surface area contributed by atoms with Gasteiger partial charge in [0.15, 0.2) is 5.82 Å². The van der Waals surface area contributed by atoms with Crippen LogP contribution in [0.25, 0.3) is 0 Å². The van der Waals surface area contributed by atoms with E-state index < -0.39 is 21.7 Å². The summed E-state index contributed by atoms with van der Waals surface area (Å²) in [7, 11) is -0.581. The fraction of sp³-hybridized carbons (Fsp3) is 0.188. The lowest BCUT2D eigenvalue weighted by Crippen LogP contribution is -2.22. The molecule has 24 heavy (non-hydrogen) atoms. The zero-order valence-electron chi connectivity index (χ0n) is 13.4. The highest BCUT2D eigenvalue weighted by atomic mass is 32.2. The molecule has 128 valence electrons. The van der Waals surface area contributed by atoms with Gasteiger partial charge < -0.3 is 0 Å². The molecule has 0 aliphatic heterocycles. The summed E-state index contributed by atoms with van der Waals surface area (Å²) in [5.41, 5.74) is 3.76. The van der Waals surface area contributed by atoms with Crippen LogP contribution in [0.4, 0.5) is 14.5 Å². The van der Waals surface area contributed by atoms with Gasteiger partial charge >= 0.3 is 0 Å². The van der Waals surface area contributed by atoms with Crippen molar-refractivity contribution >= 4 is 21.4 Å². The van der Waals surface area contributed by atoms with Crippen molar-refractivity contribution in [3.05, 3.63) is 59.7 Å². The third-order valence-corrected chi connectivity index (χ3v) is 5.16. The first kappa shape index (κ1) is 18.0. The second-order valence-corrected chi connectivity index (χ2v) is 7.40. The maximum atomic E-state index is 13.5. The molecular formula is C16H17F2N3O2S. The molecule has 0 radical (unpaired) electrons. The Labute approximate surface area is 139 Å². The molecule has 2 aromatic rings. The molecule has 0 saturated carbocycles. The van der Waals surface area contributed by atoms with Crippen LogP contribution in [-0.4, -0.2) is 32.5 Å². The van der Waals surface area contributed by atoms with Crippen LogP contribution in [0.15, 0.2) is 52.5 Å². The lowest BCUT2D eigenvalue weighted by Gasteiger charge is -2.11.